The molecule has 3 nitrogen and oxygen atoms in total. The van der Waals surface area contributed by atoms with Gasteiger partial charge in [-0.3, -0.25) is 9.69 Å². The number of likely N-dealkylation sites (N-methyl/N-ethyl adjacent to an activating group) is 1. The summed E-state index contributed by atoms with van der Waals surface area (Å²) in [6, 6.07) is 8.90. The van der Waals surface area contributed by atoms with Crippen molar-refractivity contribution in [2.24, 2.45) is 0 Å². The van der Waals surface area contributed by atoms with Gasteiger partial charge in [-0.15, -0.1) is 0 Å². The molecule has 0 aliphatic carbocycles. The van der Waals surface area contributed by atoms with E-state index in [1.807, 2.05) is 31.2 Å². The summed E-state index contributed by atoms with van der Waals surface area (Å²) >= 11 is 0. The highest BCUT2D eigenvalue weighted by molar-refractivity contribution is 5.94. The number of piperazine rings is 1. The number of fused-ring (bicyclic) bond motifs is 2. The first-order valence-electron chi connectivity index (χ1n) is 6.23. The maximum Gasteiger partial charge on any atom is 0.254 e. The Morgan fingerprint density at radius 2 is 1.88 bits per heavy atom. The molecule has 0 radical (unpaired) electrons. The van der Waals surface area contributed by atoms with Gasteiger partial charge in [0.05, 0.1) is 0 Å². The van der Waals surface area contributed by atoms with Gasteiger partial charge in [-0.05, 0) is 32.5 Å². The predicted molar refractivity (Wildman–Crippen MR) is 67.0 cm³/mol. The average Bonchev–Trinajstić information content (AvgIpc) is 2.87. The standard InChI is InChI=1S/C14H18N2O/c1-10-3-5-11(6-4-10)14(17)16-9-12-7-13(16)8-15(12)2/h3-6,12-13H,7-9H2,1-2H3/t12-,13-/m0/s1. The molecule has 17 heavy (non-hydrogen) atoms. The molecular weight excluding hydrogens is 212 g/mol. The van der Waals surface area contributed by atoms with Crippen molar-refractivity contribution < 1.29 is 4.79 Å². The highest BCUT2D eigenvalue weighted by atomic mass is 16.2. The Kier molecular flexibility index (Phi) is 2.44. The van der Waals surface area contributed by atoms with Crippen molar-refractivity contribution in [1.82, 2.24) is 9.80 Å². The minimum atomic E-state index is 0.200. The number of carbonyl (C=O) groups is 1. The van der Waals surface area contributed by atoms with E-state index in [-0.39, 0.29) is 5.91 Å². The van der Waals surface area contributed by atoms with E-state index in [4.69, 9.17) is 0 Å². The Morgan fingerprint density at radius 1 is 1.18 bits per heavy atom. The van der Waals surface area contributed by atoms with Gasteiger partial charge in [0, 0.05) is 30.7 Å². The first-order chi connectivity index (χ1) is 8.15. The second kappa shape index (κ2) is 3.84. The number of nitrogens with zero attached hydrogens (tertiary/aromatic N) is 2. The second-order valence-electron chi connectivity index (χ2n) is 5.31. The van der Waals surface area contributed by atoms with Crippen molar-refractivity contribution in [3.63, 3.8) is 0 Å². The van der Waals surface area contributed by atoms with Gasteiger partial charge in [-0.1, -0.05) is 17.7 Å². The van der Waals surface area contributed by atoms with Gasteiger partial charge in [0.15, 0.2) is 0 Å². The lowest BCUT2D eigenvalue weighted by molar-refractivity contribution is 0.0650. The van der Waals surface area contributed by atoms with Crippen LogP contribution in [0.1, 0.15) is 22.3 Å². The summed E-state index contributed by atoms with van der Waals surface area (Å²) in [4.78, 5) is 16.8. The van der Waals surface area contributed by atoms with E-state index in [1.54, 1.807) is 0 Å². The number of benzene rings is 1. The third kappa shape index (κ3) is 1.75. The Hall–Kier alpha value is -1.35. The van der Waals surface area contributed by atoms with E-state index in [0.717, 1.165) is 25.1 Å². The molecule has 1 aromatic carbocycles. The van der Waals surface area contributed by atoms with E-state index in [9.17, 15) is 4.79 Å². The number of carbonyl (C=O) groups excluding carboxylic acids is 1. The Labute approximate surface area is 102 Å². The molecule has 1 aromatic rings. The van der Waals surface area contributed by atoms with Crippen LogP contribution in [0.15, 0.2) is 24.3 Å². The van der Waals surface area contributed by atoms with Crippen molar-refractivity contribution in [3.8, 4) is 0 Å². The van der Waals surface area contributed by atoms with E-state index in [1.165, 1.54) is 5.56 Å². The van der Waals surface area contributed by atoms with Crippen molar-refractivity contribution in [1.29, 1.82) is 0 Å². The van der Waals surface area contributed by atoms with Crippen LogP contribution in [-0.2, 0) is 0 Å². The second-order valence-corrected chi connectivity index (χ2v) is 5.31. The van der Waals surface area contributed by atoms with Crippen LogP contribution in [0.5, 0.6) is 0 Å². The van der Waals surface area contributed by atoms with Crippen molar-refractivity contribution in [2.75, 3.05) is 20.1 Å². The molecule has 2 fully saturated rings. The van der Waals surface area contributed by atoms with E-state index < -0.39 is 0 Å². The number of aryl methyl sites for hydroxylation is 1. The number of amides is 1. The maximum atomic E-state index is 12.4. The van der Waals surface area contributed by atoms with Gasteiger partial charge in [0.25, 0.3) is 5.91 Å². The summed E-state index contributed by atoms with van der Waals surface area (Å²) < 4.78 is 0. The fourth-order valence-corrected chi connectivity index (χ4v) is 2.98. The number of hydrogen-bond donors (Lipinski definition) is 0. The third-order valence-corrected chi connectivity index (χ3v) is 4.07. The molecule has 2 atom stereocenters. The van der Waals surface area contributed by atoms with E-state index >= 15 is 0 Å². The quantitative estimate of drug-likeness (QED) is 0.730. The minimum absolute atomic E-state index is 0.200. The predicted octanol–water partition coefficient (Wildman–Crippen LogP) is 1.52. The lowest BCUT2D eigenvalue weighted by Gasteiger charge is -2.32. The molecule has 0 N–H and O–H groups in total. The molecule has 2 aliphatic heterocycles. The first kappa shape index (κ1) is 10.8. The van der Waals surface area contributed by atoms with E-state index in [0.29, 0.717) is 12.1 Å². The normalized spacial score (nSPS) is 27.8. The third-order valence-electron chi connectivity index (χ3n) is 4.07. The van der Waals surface area contributed by atoms with Crippen LogP contribution in [0.25, 0.3) is 0 Å². The summed E-state index contributed by atoms with van der Waals surface area (Å²) in [6.07, 6.45) is 1.15. The highest BCUT2D eigenvalue weighted by Gasteiger charge is 2.43. The van der Waals surface area contributed by atoms with Crippen molar-refractivity contribution in [3.05, 3.63) is 35.4 Å². The summed E-state index contributed by atoms with van der Waals surface area (Å²) in [6.45, 7) is 3.97. The average molecular weight is 230 g/mol. The first-order valence-corrected chi connectivity index (χ1v) is 6.23. The van der Waals surface area contributed by atoms with Crippen LogP contribution < -0.4 is 0 Å². The molecule has 1 amide bonds. The molecule has 0 unspecified atom stereocenters. The smallest absolute Gasteiger partial charge is 0.254 e. The zero-order chi connectivity index (χ0) is 12.0. The van der Waals surface area contributed by atoms with Gasteiger partial charge >= 0.3 is 0 Å². The molecule has 0 saturated carbocycles. The molecule has 90 valence electrons. The highest BCUT2D eigenvalue weighted by Crippen LogP contribution is 2.30. The zero-order valence-corrected chi connectivity index (χ0v) is 10.4. The molecule has 0 spiro atoms. The lowest BCUT2D eigenvalue weighted by Crippen LogP contribution is -2.47. The van der Waals surface area contributed by atoms with Gasteiger partial charge in [0.2, 0.25) is 0 Å². The molecule has 2 saturated heterocycles. The van der Waals surface area contributed by atoms with Crippen molar-refractivity contribution in [2.45, 2.75) is 25.4 Å². The molecule has 3 rings (SSSR count). The fraction of sp³-hybridized carbons (Fsp3) is 0.500. The zero-order valence-electron chi connectivity index (χ0n) is 10.4. The monoisotopic (exact) mass is 230 g/mol. The molecule has 2 heterocycles. The fourth-order valence-electron chi connectivity index (χ4n) is 2.98. The van der Waals surface area contributed by atoms with Gasteiger partial charge in [-0.2, -0.15) is 0 Å². The lowest BCUT2D eigenvalue weighted by atomic mass is 10.1. The maximum absolute atomic E-state index is 12.4. The summed E-state index contributed by atoms with van der Waals surface area (Å²) in [5.41, 5.74) is 2.02. The molecule has 2 aliphatic rings. The summed E-state index contributed by atoms with van der Waals surface area (Å²) in [7, 11) is 2.15. The Balaban J connectivity index is 1.78. The molecule has 0 aromatic heterocycles. The minimum Gasteiger partial charge on any atom is -0.333 e. The van der Waals surface area contributed by atoms with Gasteiger partial charge in [0.1, 0.15) is 0 Å². The van der Waals surface area contributed by atoms with Crippen molar-refractivity contribution >= 4 is 5.91 Å². The van der Waals surface area contributed by atoms with Gasteiger partial charge < -0.3 is 4.90 Å². The number of hydrogen-bond acceptors (Lipinski definition) is 2. The molecule has 2 bridgehead atoms. The van der Waals surface area contributed by atoms with Crippen LogP contribution in [0.3, 0.4) is 0 Å². The van der Waals surface area contributed by atoms with Gasteiger partial charge in [-0.25, -0.2) is 0 Å². The van der Waals surface area contributed by atoms with Crippen LogP contribution in [0.4, 0.5) is 0 Å². The van der Waals surface area contributed by atoms with Crippen LogP contribution >= 0.6 is 0 Å². The largest absolute Gasteiger partial charge is 0.333 e. The number of rotatable bonds is 1. The van der Waals surface area contributed by atoms with Crippen LogP contribution in [0, 0.1) is 6.92 Å². The summed E-state index contributed by atoms with van der Waals surface area (Å²) in [5.74, 6) is 0.200. The Morgan fingerprint density at radius 3 is 2.41 bits per heavy atom. The van der Waals surface area contributed by atoms with Crippen LogP contribution in [0.2, 0.25) is 0 Å². The SMILES string of the molecule is Cc1ccc(C(=O)N2C[C@@H]3C[C@H]2CN3C)cc1. The van der Waals surface area contributed by atoms with E-state index in [2.05, 4.69) is 16.8 Å². The molecular formula is C14H18N2O. The summed E-state index contributed by atoms with van der Waals surface area (Å²) in [5, 5.41) is 0. The Bertz CT molecular complexity index is 438. The van der Waals surface area contributed by atoms with Crippen LogP contribution in [-0.4, -0.2) is 47.9 Å². The topological polar surface area (TPSA) is 23.6 Å². The molecule has 3 heteroatoms. The number of likely N-dealkylation sites (tertiary alicyclic amines) is 2.